The van der Waals surface area contributed by atoms with Gasteiger partial charge in [0.25, 0.3) is 0 Å². The maximum Gasteiger partial charge on any atom is 0.224 e. The summed E-state index contributed by atoms with van der Waals surface area (Å²) in [4.78, 5) is 12.2. The number of carbonyl (C=O) groups excluding carboxylic acids is 1. The van der Waals surface area contributed by atoms with Crippen molar-refractivity contribution in [2.75, 3.05) is 0 Å². The number of H-pyrrole nitrogens is 1. The number of amides is 1. The van der Waals surface area contributed by atoms with Crippen molar-refractivity contribution in [3.05, 3.63) is 88.6 Å². The summed E-state index contributed by atoms with van der Waals surface area (Å²) in [7, 11) is 0. The van der Waals surface area contributed by atoms with Gasteiger partial charge in [-0.1, -0.05) is 42.5 Å². The molecule has 0 aliphatic carbocycles. The first-order chi connectivity index (χ1) is 14.3. The molecule has 142 valence electrons. The molecule has 0 fully saturated rings. The van der Waals surface area contributed by atoms with Gasteiger partial charge in [0.05, 0.1) is 17.6 Å². The lowest BCUT2D eigenvalue weighted by Gasteiger charge is -2.06. The molecular formula is C24H19N3OS. The summed E-state index contributed by atoms with van der Waals surface area (Å²) in [5, 5.41) is 18.1. The van der Waals surface area contributed by atoms with Gasteiger partial charge in [0, 0.05) is 17.5 Å². The van der Waals surface area contributed by atoms with E-state index in [-0.39, 0.29) is 5.91 Å². The number of fused-ring (bicyclic) bond motifs is 2. The minimum atomic E-state index is 0.0328. The molecule has 0 bridgehead atoms. The van der Waals surface area contributed by atoms with Gasteiger partial charge in [-0.2, -0.15) is 16.4 Å². The van der Waals surface area contributed by atoms with Crippen molar-refractivity contribution in [1.29, 1.82) is 0 Å². The molecule has 0 radical (unpaired) electrons. The number of nitrogens with one attached hydrogen (secondary N) is 2. The Kier molecular flexibility index (Phi) is 4.58. The number of nitrogens with zero attached hydrogens (tertiary/aromatic N) is 1. The highest BCUT2D eigenvalue weighted by molar-refractivity contribution is 7.08. The lowest BCUT2D eigenvalue weighted by atomic mass is 10.0. The van der Waals surface area contributed by atoms with E-state index in [0.29, 0.717) is 13.0 Å². The molecule has 0 aliphatic rings. The third-order valence-electron chi connectivity index (χ3n) is 5.08. The third kappa shape index (κ3) is 3.65. The number of aromatic nitrogens is 2. The zero-order valence-corrected chi connectivity index (χ0v) is 16.5. The summed E-state index contributed by atoms with van der Waals surface area (Å²) in [6.07, 6.45) is 0.416. The third-order valence-corrected chi connectivity index (χ3v) is 5.82. The van der Waals surface area contributed by atoms with E-state index in [0.717, 1.165) is 33.3 Å². The minimum Gasteiger partial charge on any atom is -0.352 e. The number of aromatic amines is 1. The Morgan fingerprint density at radius 2 is 1.86 bits per heavy atom. The standard InChI is InChI=1S/C24H19N3OS/c28-23(12-17-9-10-29-15-17)25-14-16-5-8-22-21(11-16)24(27-26-22)20-7-6-18-3-1-2-4-19(18)13-20/h1-11,13,15H,12,14H2,(H,25,28)(H,26,27). The van der Waals surface area contributed by atoms with E-state index in [1.54, 1.807) is 11.3 Å². The maximum atomic E-state index is 12.2. The summed E-state index contributed by atoms with van der Waals surface area (Å²) >= 11 is 1.61. The quantitative estimate of drug-likeness (QED) is 0.423. The molecule has 29 heavy (non-hydrogen) atoms. The molecule has 3 aromatic carbocycles. The fraction of sp³-hybridized carbons (Fsp3) is 0.0833. The number of benzene rings is 3. The number of thiophene rings is 1. The predicted molar refractivity (Wildman–Crippen MR) is 119 cm³/mol. The van der Waals surface area contributed by atoms with E-state index in [9.17, 15) is 4.79 Å². The van der Waals surface area contributed by atoms with E-state index in [1.807, 2.05) is 41.1 Å². The van der Waals surface area contributed by atoms with Crippen LogP contribution >= 0.6 is 11.3 Å². The van der Waals surface area contributed by atoms with Crippen LogP contribution in [0.15, 0.2) is 77.5 Å². The highest BCUT2D eigenvalue weighted by Gasteiger charge is 2.10. The first-order valence-corrected chi connectivity index (χ1v) is 10.4. The smallest absolute Gasteiger partial charge is 0.224 e. The number of carbonyl (C=O) groups is 1. The van der Waals surface area contributed by atoms with Gasteiger partial charge in [0.15, 0.2) is 0 Å². The Morgan fingerprint density at radius 3 is 2.72 bits per heavy atom. The normalized spacial score (nSPS) is 11.2. The van der Waals surface area contributed by atoms with Crippen molar-refractivity contribution in [1.82, 2.24) is 15.5 Å². The molecule has 0 saturated heterocycles. The minimum absolute atomic E-state index is 0.0328. The first-order valence-electron chi connectivity index (χ1n) is 9.50. The molecule has 5 heteroatoms. The van der Waals surface area contributed by atoms with Gasteiger partial charge in [0.2, 0.25) is 5.91 Å². The van der Waals surface area contributed by atoms with Crippen LogP contribution in [-0.4, -0.2) is 16.1 Å². The molecular weight excluding hydrogens is 378 g/mol. The van der Waals surface area contributed by atoms with E-state index < -0.39 is 0 Å². The number of hydrogen-bond donors (Lipinski definition) is 2. The highest BCUT2D eigenvalue weighted by atomic mass is 32.1. The molecule has 5 aromatic rings. The van der Waals surface area contributed by atoms with Crippen molar-refractivity contribution < 1.29 is 4.79 Å². The predicted octanol–water partition coefficient (Wildman–Crippen LogP) is 5.30. The topological polar surface area (TPSA) is 57.8 Å². The van der Waals surface area contributed by atoms with Crippen LogP contribution in [0.25, 0.3) is 32.9 Å². The van der Waals surface area contributed by atoms with Crippen molar-refractivity contribution >= 4 is 38.9 Å². The maximum absolute atomic E-state index is 12.2. The zero-order valence-electron chi connectivity index (χ0n) is 15.7. The molecule has 0 atom stereocenters. The van der Waals surface area contributed by atoms with Crippen LogP contribution < -0.4 is 5.32 Å². The zero-order chi connectivity index (χ0) is 19.6. The molecule has 4 nitrogen and oxygen atoms in total. The number of hydrogen-bond acceptors (Lipinski definition) is 3. The lowest BCUT2D eigenvalue weighted by Crippen LogP contribution is -2.24. The SMILES string of the molecule is O=C(Cc1ccsc1)NCc1ccc2[nH]nc(-c3ccc4ccccc4c3)c2c1. The van der Waals surface area contributed by atoms with Crippen LogP contribution in [-0.2, 0) is 17.8 Å². The molecule has 1 amide bonds. The second-order valence-corrected chi connectivity index (χ2v) is 7.88. The second-order valence-electron chi connectivity index (χ2n) is 7.10. The summed E-state index contributed by atoms with van der Waals surface area (Å²) in [5.41, 5.74) is 5.10. The van der Waals surface area contributed by atoms with Crippen LogP contribution in [0.1, 0.15) is 11.1 Å². The summed E-state index contributed by atoms with van der Waals surface area (Å²) in [5.74, 6) is 0.0328. The summed E-state index contributed by atoms with van der Waals surface area (Å²) in [6.45, 7) is 0.501. The molecule has 2 N–H and O–H groups in total. The summed E-state index contributed by atoms with van der Waals surface area (Å²) in [6, 6.07) is 22.8. The molecule has 0 saturated carbocycles. The van der Waals surface area contributed by atoms with Gasteiger partial charge in [-0.25, -0.2) is 0 Å². The average molecular weight is 398 g/mol. The average Bonchev–Trinajstić information content (AvgIpc) is 3.41. The van der Waals surface area contributed by atoms with Crippen LogP contribution in [0.5, 0.6) is 0 Å². The molecule has 0 aliphatic heterocycles. The van der Waals surface area contributed by atoms with Crippen molar-refractivity contribution in [3.8, 4) is 11.3 Å². The van der Waals surface area contributed by atoms with Crippen molar-refractivity contribution in [3.63, 3.8) is 0 Å². The molecule has 5 rings (SSSR count). The van der Waals surface area contributed by atoms with Gasteiger partial charge in [0.1, 0.15) is 0 Å². The van der Waals surface area contributed by atoms with Crippen molar-refractivity contribution in [2.24, 2.45) is 0 Å². The van der Waals surface area contributed by atoms with Gasteiger partial charge in [-0.05, 0) is 56.9 Å². The fourth-order valence-electron chi connectivity index (χ4n) is 3.57. The first kappa shape index (κ1) is 17.6. The van der Waals surface area contributed by atoms with Crippen LogP contribution in [0, 0.1) is 0 Å². The fourth-order valence-corrected chi connectivity index (χ4v) is 4.24. The second kappa shape index (κ2) is 7.53. The molecule has 2 aromatic heterocycles. The van der Waals surface area contributed by atoms with E-state index in [1.165, 1.54) is 10.8 Å². The van der Waals surface area contributed by atoms with Crippen LogP contribution in [0.2, 0.25) is 0 Å². The van der Waals surface area contributed by atoms with Crippen LogP contribution in [0.4, 0.5) is 0 Å². The van der Waals surface area contributed by atoms with E-state index in [2.05, 4.69) is 51.9 Å². The van der Waals surface area contributed by atoms with Crippen LogP contribution in [0.3, 0.4) is 0 Å². The molecule has 0 spiro atoms. The Morgan fingerprint density at radius 1 is 0.966 bits per heavy atom. The summed E-state index contributed by atoms with van der Waals surface area (Å²) < 4.78 is 0. The van der Waals surface area contributed by atoms with E-state index in [4.69, 9.17) is 0 Å². The van der Waals surface area contributed by atoms with Gasteiger partial charge in [-0.15, -0.1) is 0 Å². The molecule has 2 heterocycles. The number of rotatable bonds is 5. The highest BCUT2D eigenvalue weighted by Crippen LogP contribution is 2.29. The Hall–Kier alpha value is -3.44. The monoisotopic (exact) mass is 397 g/mol. The van der Waals surface area contributed by atoms with E-state index >= 15 is 0 Å². The Labute approximate surface area is 172 Å². The van der Waals surface area contributed by atoms with Gasteiger partial charge < -0.3 is 5.32 Å². The Bertz CT molecular complexity index is 1300. The largest absolute Gasteiger partial charge is 0.352 e. The van der Waals surface area contributed by atoms with Gasteiger partial charge in [-0.3, -0.25) is 9.89 Å². The Balaban J connectivity index is 1.40. The molecule has 0 unspecified atom stereocenters. The van der Waals surface area contributed by atoms with Gasteiger partial charge >= 0.3 is 0 Å². The van der Waals surface area contributed by atoms with Crippen molar-refractivity contribution in [2.45, 2.75) is 13.0 Å². The lowest BCUT2D eigenvalue weighted by molar-refractivity contribution is -0.120.